The lowest BCUT2D eigenvalue weighted by molar-refractivity contribution is -0.217. The third-order valence-electron chi connectivity index (χ3n) is 6.00. The fraction of sp³-hybridized carbons (Fsp3) is 0.500. The van der Waals surface area contributed by atoms with E-state index in [2.05, 4.69) is 69.3 Å². The molecule has 6 heteroatoms. The summed E-state index contributed by atoms with van der Waals surface area (Å²) < 4.78 is 24.5. The summed E-state index contributed by atoms with van der Waals surface area (Å²) in [5.74, 6) is -0.750. The minimum absolute atomic E-state index is 0.135. The lowest BCUT2D eigenvalue weighted by atomic mass is 10.1. The molecule has 4 rings (SSSR count). The minimum atomic E-state index is -2.68. The highest BCUT2D eigenvalue weighted by Gasteiger charge is 2.56. The monoisotopic (exact) mass is 428 g/mol. The van der Waals surface area contributed by atoms with Crippen LogP contribution in [0.25, 0.3) is 0 Å². The van der Waals surface area contributed by atoms with Gasteiger partial charge in [-0.3, -0.25) is 0 Å². The van der Waals surface area contributed by atoms with Crippen molar-refractivity contribution in [2.45, 2.75) is 70.0 Å². The maximum atomic E-state index is 10.8. The summed E-state index contributed by atoms with van der Waals surface area (Å²) in [6.45, 7) is 10.6. The molecule has 162 valence electrons. The van der Waals surface area contributed by atoms with Crippen molar-refractivity contribution < 1.29 is 23.7 Å². The second kappa shape index (κ2) is 7.86. The molecule has 0 saturated carbocycles. The average Bonchev–Trinajstić information content (AvgIpc) is 3.15. The standard InChI is InChI=1S/C24H32O5Si/c1-23(2,3)30(17-12-8-6-9-13-17,18-14-10-7-11-15-18)26-16-19-20(25)21-22(27-19)29-24(4,5)28-21/h6-15,19-22,25H,16H2,1-5H3/t19-,20+,21-,22-/m0/s1. The molecule has 30 heavy (non-hydrogen) atoms. The summed E-state index contributed by atoms with van der Waals surface area (Å²) >= 11 is 0. The van der Waals surface area contributed by atoms with Gasteiger partial charge in [-0.25, -0.2) is 0 Å². The Balaban J connectivity index is 1.65. The maximum absolute atomic E-state index is 10.8. The largest absolute Gasteiger partial charge is 0.405 e. The molecule has 2 aromatic carbocycles. The van der Waals surface area contributed by atoms with Gasteiger partial charge in [0.05, 0.1) is 6.61 Å². The van der Waals surface area contributed by atoms with Gasteiger partial charge in [-0.15, -0.1) is 0 Å². The molecule has 4 atom stereocenters. The van der Waals surface area contributed by atoms with E-state index in [-0.39, 0.29) is 11.6 Å². The minimum Gasteiger partial charge on any atom is -0.405 e. The van der Waals surface area contributed by atoms with Crippen LogP contribution in [0.5, 0.6) is 0 Å². The fourth-order valence-corrected chi connectivity index (χ4v) is 9.23. The van der Waals surface area contributed by atoms with Gasteiger partial charge >= 0.3 is 0 Å². The topological polar surface area (TPSA) is 57.2 Å². The molecule has 2 aliphatic heterocycles. The number of aliphatic hydroxyl groups is 1. The van der Waals surface area contributed by atoms with Gasteiger partial charge < -0.3 is 23.7 Å². The smallest absolute Gasteiger partial charge is 0.261 e. The first-order valence-electron chi connectivity index (χ1n) is 10.6. The quantitative estimate of drug-likeness (QED) is 0.742. The first-order chi connectivity index (χ1) is 14.1. The number of rotatable bonds is 5. The Bertz CT molecular complexity index is 809. The Labute approximate surface area is 180 Å². The van der Waals surface area contributed by atoms with E-state index in [4.69, 9.17) is 18.6 Å². The van der Waals surface area contributed by atoms with Crippen LogP contribution in [0.1, 0.15) is 34.6 Å². The number of benzene rings is 2. The Morgan fingerprint density at radius 2 is 1.47 bits per heavy atom. The Morgan fingerprint density at radius 1 is 0.933 bits per heavy atom. The van der Waals surface area contributed by atoms with E-state index < -0.39 is 38.7 Å². The van der Waals surface area contributed by atoms with E-state index in [0.717, 1.165) is 0 Å². The summed E-state index contributed by atoms with van der Waals surface area (Å²) in [6.07, 6.45) is -2.36. The van der Waals surface area contributed by atoms with E-state index in [9.17, 15) is 5.11 Å². The van der Waals surface area contributed by atoms with Gasteiger partial charge in [-0.05, 0) is 29.3 Å². The van der Waals surface area contributed by atoms with Crippen molar-refractivity contribution in [1.82, 2.24) is 0 Å². The van der Waals surface area contributed by atoms with Gasteiger partial charge in [0.25, 0.3) is 8.32 Å². The van der Waals surface area contributed by atoms with Crippen molar-refractivity contribution >= 4 is 18.7 Å². The molecule has 0 radical (unpaired) electrons. The lowest BCUT2D eigenvalue weighted by Gasteiger charge is -2.43. The normalized spacial score (nSPS) is 28.5. The van der Waals surface area contributed by atoms with Gasteiger partial charge in [0, 0.05) is 0 Å². The van der Waals surface area contributed by atoms with Crippen LogP contribution in [-0.4, -0.2) is 50.4 Å². The van der Waals surface area contributed by atoms with Crippen molar-refractivity contribution in [1.29, 1.82) is 0 Å². The van der Waals surface area contributed by atoms with Crippen LogP contribution in [0.2, 0.25) is 5.04 Å². The molecule has 0 spiro atoms. The predicted molar refractivity (Wildman–Crippen MR) is 118 cm³/mol. The van der Waals surface area contributed by atoms with Crippen molar-refractivity contribution in [2.75, 3.05) is 6.61 Å². The van der Waals surface area contributed by atoms with Crippen molar-refractivity contribution in [3.05, 3.63) is 60.7 Å². The molecule has 2 aromatic rings. The molecule has 0 aromatic heterocycles. The Kier molecular flexibility index (Phi) is 5.68. The van der Waals surface area contributed by atoms with E-state index in [1.165, 1.54) is 10.4 Å². The van der Waals surface area contributed by atoms with Gasteiger partial charge in [-0.2, -0.15) is 0 Å². The second-order valence-corrected chi connectivity index (χ2v) is 13.9. The van der Waals surface area contributed by atoms with E-state index in [1.807, 2.05) is 26.0 Å². The second-order valence-electron chi connectivity index (χ2n) is 9.61. The SMILES string of the molecule is CC1(C)O[C@@H]2O[C@@H](CO[Si](c3ccccc3)(c3ccccc3)C(C)(C)C)[C@@H](O)[C@@H]2O1. The van der Waals surface area contributed by atoms with Crippen molar-refractivity contribution in [3.8, 4) is 0 Å². The fourth-order valence-electron chi connectivity index (χ4n) is 4.66. The molecule has 0 unspecified atom stereocenters. The van der Waals surface area contributed by atoms with Crippen LogP contribution in [-0.2, 0) is 18.6 Å². The molecule has 2 saturated heterocycles. The van der Waals surface area contributed by atoms with Crippen molar-refractivity contribution in [2.24, 2.45) is 0 Å². The zero-order valence-corrected chi connectivity index (χ0v) is 19.4. The molecule has 0 bridgehead atoms. The van der Waals surface area contributed by atoms with Crippen molar-refractivity contribution in [3.63, 3.8) is 0 Å². The Hall–Kier alpha value is -1.54. The summed E-state index contributed by atoms with van der Waals surface area (Å²) in [5.41, 5.74) is 0. The predicted octanol–water partition coefficient (Wildman–Crippen LogP) is 2.80. The highest BCUT2D eigenvalue weighted by Crippen LogP contribution is 2.40. The van der Waals surface area contributed by atoms with E-state index in [0.29, 0.717) is 0 Å². The lowest BCUT2D eigenvalue weighted by Crippen LogP contribution is -2.67. The highest BCUT2D eigenvalue weighted by atomic mass is 28.4. The van der Waals surface area contributed by atoms with Gasteiger partial charge in [-0.1, -0.05) is 81.4 Å². The molecular weight excluding hydrogens is 396 g/mol. The molecule has 2 fully saturated rings. The first kappa shape index (κ1) is 21.7. The highest BCUT2D eigenvalue weighted by molar-refractivity contribution is 6.99. The number of hydrogen-bond acceptors (Lipinski definition) is 5. The Morgan fingerprint density at radius 3 is 1.93 bits per heavy atom. The van der Waals surface area contributed by atoms with Gasteiger partial charge in [0.15, 0.2) is 12.1 Å². The maximum Gasteiger partial charge on any atom is 0.261 e. The summed E-state index contributed by atoms with van der Waals surface area (Å²) in [5, 5.41) is 13.1. The van der Waals surface area contributed by atoms with Crippen LogP contribution in [0.15, 0.2) is 60.7 Å². The molecule has 0 aliphatic carbocycles. The molecular formula is C24H32O5Si. The van der Waals surface area contributed by atoms with Crippen LogP contribution < -0.4 is 10.4 Å². The van der Waals surface area contributed by atoms with E-state index >= 15 is 0 Å². The molecule has 2 heterocycles. The van der Waals surface area contributed by atoms with E-state index in [1.54, 1.807) is 0 Å². The zero-order valence-electron chi connectivity index (χ0n) is 18.4. The third kappa shape index (κ3) is 3.77. The van der Waals surface area contributed by atoms with Gasteiger partial charge in [0.1, 0.15) is 18.3 Å². The molecule has 5 nitrogen and oxygen atoms in total. The zero-order chi connectivity index (χ0) is 21.6. The average molecular weight is 429 g/mol. The first-order valence-corrected chi connectivity index (χ1v) is 12.5. The number of fused-ring (bicyclic) bond motifs is 1. The van der Waals surface area contributed by atoms with Crippen LogP contribution >= 0.6 is 0 Å². The van der Waals surface area contributed by atoms with Crippen LogP contribution in [0, 0.1) is 0 Å². The number of hydrogen-bond donors (Lipinski definition) is 1. The number of ether oxygens (including phenoxy) is 3. The molecule has 0 amide bonds. The summed E-state index contributed by atoms with van der Waals surface area (Å²) in [4.78, 5) is 0. The third-order valence-corrected chi connectivity index (χ3v) is 11.0. The van der Waals surface area contributed by atoms with Gasteiger partial charge in [0.2, 0.25) is 0 Å². The number of aliphatic hydroxyl groups excluding tert-OH is 1. The van der Waals surface area contributed by atoms with Crippen LogP contribution in [0.3, 0.4) is 0 Å². The molecule has 2 aliphatic rings. The molecule has 1 N–H and O–H groups in total. The summed E-state index contributed by atoms with van der Waals surface area (Å²) in [7, 11) is -2.68. The summed E-state index contributed by atoms with van der Waals surface area (Å²) in [6, 6.07) is 20.9. The van der Waals surface area contributed by atoms with Crippen LogP contribution in [0.4, 0.5) is 0 Å².